The molecule has 3 rings (SSSR count). The topological polar surface area (TPSA) is 42.7 Å². The summed E-state index contributed by atoms with van der Waals surface area (Å²) in [6, 6.07) is 5.99. The summed E-state index contributed by atoms with van der Waals surface area (Å²) in [7, 11) is 1.58. The van der Waals surface area contributed by atoms with Crippen LogP contribution in [-0.2, 0) is 6.42 Å². The van der Waals surface area contributed by atoms with E-state index in [9.17, 15) is 4.79 Å². The molecule has 1 atom stereocenters. The van der Waals surface area contributed by atoms with E-state index in [2.05, 4.69) is 24.8 Å². The minimum absolute atomic E-state index is 0.374. The van der Waals surface area contributed by atoms with Crippen molar-refractivity contribution in [3.63, 3.8) is 0 Å². The summed E-state index contributed by atoms with van der Waals surface area (Å²) in [5.74, 6) is 0.584. The van der Waals surface area contributed by atoms with Crippen LogP contribution in [0.4, 0.5) is 5.69 Å². The number of anilines is 1. The molecule has 106 valence electrons. The second-order valence-corrected chi connectivity index (χ2v) is 5.28. The van der Waals surface area contributed by atoms with E-state index in [1.165, 1.54) is 17.3 Å². The molecule has 0 aliphatic carbocycles. The molecule has 0 spiro atoms. The minimum Gasteiger partial charge on any atom is -0.496 e. The van der Waals surface area contributed by atoms with E-state index in [0.29, 0.717) is 17.4 Å². The molecule has 1 aromatic carbocycles. The molecule has 2 heterocycles. The largest absolute Gasteiger partial charge is 0.496 e. The van der Waals surface area contributed by atoms with E-state index >= 15 is 0 Å². The van der Waals surface area contributed by atoms with Crippen LogP contribution in [0.15, 0.2) is 27.4 Å². The summed E-state index contributed by atoms with van der Waals surface area (Å²) in [5.41, 5.74) is 2.70. The molecule has 2 aromatic rings. The molecule has 0 saturated carbocycles. The van der Waals surface area contributed by atoms with Gasteiger partial charge in [-0.05, 0) is 38.3 Å². The van der Waals surface area contributed by atoms with Crippen molar-refractivity contribution in [1.82, 2.24) is 0 Å². The van der Waals surface area contributed by atoms with Crippen molar-refractivity contribution in [2.75, 3.05) is 18.6 Å². The molecule has 0 amide bonds. The second-order valence-electron chi connectivity index (χ2n) is 5.28. The highest BCUT2D eigenvalue weighted by Crippen LogP contribution is 2.36. The lowest BCUT2D eigenvalue weighted by Gasteiger charge is -2.36. The predicted molar refractivity (Wildman–Crippen MR) is 79.8 cm³/mol. The van der Waals surface area contributed by atoms with Crippen molar-refractivity contribution in [3.05, 3.63) is 34.2 Å². The van der Waals surface area contributed by atoms with E-state index in [-0.39, 0.29) is 5.63 Å². The van der Waals surface area contributed by atoms with Gasteiger partial charge in [0.1, 0.15) is 11.3 Å². The molecule has 1 aliphatic rings. The first-order valence-electron chi connectivity index (χ1n) is 7.05. The highest BCUT2D eigenvalue weighted by atomic mass is 16.5. The molecule has 0 bridgehead atoms. The zero-order valence-electron chi connectivity index (χ0n) is 12.1. The number of hydrogen-bond donors (Lipinski definition) is 0. The summed E-state index contributed by atoms with van der Waals surface area (Å²) >= 11 is 0. The number of nitrogens with zero attached hydrogens (tertiary/aromatic N) is 1. The van der Waals surface area contributed by atoms with Gasteiger partial charge in [-0.3, -0.25) is 0 Å². The number of ether oxygens (including phenoxy) is 1. The zero-order valence-corrected chi connectivity index (χ0v) is 12.1. The maximum atomic E-state index is 11.6. The Bertz CT molecular complexity index is 705. The zero-order chi connectivity index (χ0) is 14.3. The Balaban J connectivity index is 2.27. The molecule has 0 saturated heterocycles. The van der Waals surface area contributed by atoms with Gasteiger partial charge in [0.05, 0.1) is 18.6 Å². The van der Waals surface area contributed by atoms with E-state index < -0.39 is 0 Å². The molecule has 1 aliphatic heterocycles. The maximum absolute atomic E-state index is 11.6. The van der Waals surface area contributed by atoms with E-state index in [1.807, 2.05) is 6.07 Å². The van der Waals surface area contributed by atoms with Crippen molar-refractivity contribution in [1.29, 1.82) is 0 Å². The molecule has 1 unspecified atom stereocenters. The maximum Gasteiger partial charge on any atom is 0.339 e. The van der Waals surface area contributed by atoms with Crippen molar-refractivity contribution < 1.29 is 9.15 Å². The summed E-state index contributed by atoms with van der Waals surface area (Å²) in [4.78, 5) is 13.9. The van der Waals surface area contributed by atoms with E-state index in [4.69, 9.17) is 9.15 Å². The van der Waals surface area contributed by atoms with Crippen LogP contribution in [0.5, 0.6) is 5.75 Å². The first-order chi connectivity index (χ1) is 9.63. The molecular weight excluding hydrogens is 254 g/mol. The van der Waals surface area contributed by atoms with Gasteiger partial charge in [0, 0.05) is 24.3 Å². The fraction of sp³-hybridized carbons (Fsp3) is 0.438. The minimum atomic E-state index is -0.374. The highest BCUT2D eigenvalue weighted by molar-refractivity contribution is 5.88. The standard InChI is InChI=1S/C16H19NO3/c1-4-17-10(2)5-6-11-7-12-14(19-3)9-16(18)20-15(12)8-13(11)17/h7-10H,4-6H2,1-3H3. The van der Waals surface area contributed by atoms with Crippen molar-refractivity contribution in [2.24, 2.45) is 0 Å². The number of aryl methyl sites for hydroxylation is 1. The average Bonchev–Trinajstić information content (AvgIpc) is 2.44. The Morgan fingerprint density at radius 3 is 2.90 bits per heavy atom. The smallest absolute Gasteiger partial charge is 0.339 e. The lowest BCUT2D eigenvalue weighted by Crippen LogP contribution is -2.37. The molecule has 4 nitrogen and oxygen atoms in total. The predicted octanol–water partition coefficient (Wildman–Crippen LogP) is 2.96. The second kappa shape index (κ2) is 4.85. The van der Waals surface area contributed by atoms with Crippen LogP contribution in [-0.4, -0.2) is 19.7 Å². The summed E-state index contributed by atoms with van der Waals surface area (Å²) in [5, 5.41) is 0.872. The van der Waals surface area contributed by atoms with Gasteiger partial charge in [0.25, 0.3) is 0 Å². The van der Waals surface area contributed by atoms with Crippen LogP contribution in [0, 0.1) is 0 Å². The molecule has 0 N–H and O–H groups in total. The summed E-state index contributed by atoms with van der Waals surface area (Å²) < 4.78 is 10.6. The Kier molecular flexibility index (Phi) is 3.16. The Morgan fingerprint density at radius 2 is 2.20 bits per heavy atom. The van der Waals surface area contributed by atoms with Gasteiger partial charge in [-0.25, -0.2) is 4.79 Å². The molecule has 0 fully saturated rings. The molecular formula is C16H19NO3. The first-order valence-corrected chi connectivity index (χ1v) is 7.05. The number of rotatable bonds is 2. The molecule has 1 aromatic heterocycles. The van der Waals surface area contributed by atoms with Gasteiger partial charge in [-0.2, -0.15) is 0 Å². The van der Waals surface area contributed by atoms with E-state index in [1.54, 1.807) is 7.11 Å². The number of hydrogen-bond acceptors (Lipinski definition) is 4. The van der Waals surface area contributed by atoms with Gasteiger partial charge in [-0.1, -0.05) is 0 Å². The van der Waals surface area contributed by atoms with Crippen LogP contribution in [0.1, 0.15) is 25.8 Å². The lowest BCUT2D eigenvalue weighted by molar-refractivity contribution is 0.413. The van der Waals surface area contributed by atoms with Crippen LogP contribution in [0.25, 0.3) is 11.0 Å². The Morgan fingerprint density at radius 1 is 1.40 bits per heavy atom. The van der Waals surface area contributed by atoms with Crippen molar-refractivity contribution in [2.45, 2.75) is 32.7 Å². The monoisotopic (exact) mass is 273 g/mol. The average molecular weight is 273 g/mol. The number of methoxy groups -OCH3 is 1. The first kappa shape index (κ1) is 13.0. The molecule has 20 heavy (non-hydrogen) atoms. The molecule has 4 heteroatoms. The van der Waals surface area contributed by atoms with Gasteiger partial charge < -0.3 is 14.1 Å². The van der Waals surface area contributed by atoms with Gasteiger partial charge in [0.2, 0.25) is 0 Å². The fourth-order valence-corrected chi connectivity index (χ4v) is 3.09. The van der Waals surface area contributed by atoms with Crippen LogP contribution in [0.3, 0.4) is 0 Å². The van der Waals surface area contributed by atoms with Crippen molar-refractivity contribution >= 4 is 16.7 Å². The number of fused-ring (bicyclic) bond motifs is 2. The fourth-order valence-electron chi connectivity index (χ4n) is 3.09. The van der Waals surface area contributed by atoms with Gasteiger partial charge in [0.15, 0.2) is 0 Å². The lowest BCUT2D eigenvalue weighted by atomic mass is 9.95. The van der Waals surface area contributed by atoms with Crippen LogP contribution >= 0.6 is 0 Å². The highest BCUT2D eigenvalue weighted by Gasteiger charge is 2.23. The van der Waals surface area contributed by atoms with Crippen LogP contribution in [0.2, 0.25) is 0 Å². The Labute approximate surface area is 118 Å². The summed E-state index contributed by atoms with van der Waals surface area (Å²) in [6.45, 7) is 5.34. The quantitative estimate of drug-likeness (QED) is 0.789. The van der Waals surface area contributed by atoms with E-state index in [0.717, 1.165) is 24.8 Å². The third-order valence-electron chi connectivity index (χ3n) is 4.14. The number of benzene rings is 1. The molecule has 0 radical (unpaired) electrons. The Hall–Kier alpha value is -1.97. The third kappa shape index (κ3) is 1.96. The van der Waals surface area contributed by atoms with Crippen molar-refractivity contribution in [3.8, 4) is 5.75 Å². The third-order valence-corrected chi connectivity index (χ3v) is 4.14. The summed E-state index contributed by atoms with van der Waals surface area (Å²) in [6.07, 6.45) is 2.19. The SMILES string of the molecule is CCN1c2cc3oc(=O)cc(OC)c3cc2CCC1C. The normalized spacial score (nSPS) is 18.1. The van der Waals surface area contributed by atoms with Gasteiger partial charge >= 0.3 is 5.63 Å². The van der Waals surface area contributed by atoms with Crippen LogP contribution < -0.4 is 15.3 Å². The van der Waals surface area contributed by atoms with Gasteiger partial charge in [-0.15, -0.1) is 0 Å².